The van der Waals surface area contributed by atoms with Crippen LogP contribution in [0.5, 0.6) is 11.5 Å². The van der Waals surface area contributed by atoms with Crippen molar-refractivity contribution in [3.8, 4) is 11.5 Å². The quantitative estimate of drug-likeness (QED) is 0.0445. The second kappa shape index (κ2) is 24.4. The molecule has 19 heteroatoms. The summed E-state index contributed by atoms with van der Waals surface area (Å²) in [6, 6.07) is 13.3. The third kappa shape index (κ3) is 16.4. The van der Waals surface area contributed by atoms with Gasteiger partial charge in [0.05, 0.1) is 19.2 Å². The van der Waals surface area contributed by atoms with Crippen LogP contribution in [0.15, 0.2) is 78.9 Å². The number of nitrogens with one attached hydrogen (secondary N) is 6. The van der Waals surface area contributed by atoms with Crippen molar-refractivity contribution >= 4 is 41.4 Å². The number of carbonyl (C=O) groups is 7. The number of rotatable bonds is 24. The minimum atomic E-state index is -1.71. The van der Waals surface area contributed by atoms with Crippen LogP contribution in [0.1, 0.15) is 42.9 Å². The standard InChI is InChI=1S/C41H54N8O11/c1-24(50)36(41(59)60)49-40(58)33(21-27-12-16-29(52)17-13-27)48-39(57)32(19-25-7-3-2-4-8-25)46-35(54)23-44-37(55)31(20-26-10-14-28(51)15-11-26)47-38(56)30(9-5-6-18-42)45-34(53)22-43/h2-4,7-8,10-17,24,30-33,36,50-52H,5-6,9,18-23,42-43H2,1H3,(H,44,55)(H,45,53)(H,46,54)(H,47,56)(H,48,57)(H,49,58)(H,59,60)/t24-,30+,31+,32+,33+,36+/m1/s1. The van der Waals surface area contributed by atoms with Crippen molar-refractivity contribution in [1.29, 1.82) is 0 Å². The summed E-state index contributed by atoms with van der Waals surface area (Å²) in [6.45, 7) is 0.477. The van der Waals surface area contributed by atoms with Crippen molar-refractivity contribution in [2.75, 3.05) is 19.6 Å². The van der Waals surface area contributed by atoms with E-state index in [2.05, 4.69) is 31.9 Å². The first-order valence-electron chi connectivity index (χ1n) is 19.3. The lowest BCUT2D eigenvalue weighted by atomic mass is 10.0. The van der Waals surface area contributed by atoms with E-state index in [1.54, 1.807) is 30.3 Å². The van der Waals surface area contributed by atoms with E-state index in [4.69, 9.17) is 11.5 Å². The molecule has 0 fully saturated rings. The van der Waals surface area contributed by atoms with Crippen molar-refractivity contribution in [1.82, 2.24) is 31.9 Å². The Hall–Kier alpha value is -6.57. The lowest BCUT2D eigenvalue weighted by molar-refractivity contribution is -0.145. The van der Waals surface area contributed by atoms with Crippen molar-refractivity contribution < 1.29 is 54.0 Å². The van der Waals surface area contributed by atoms with Crippen LogP contribution in [0.3, 0.4) is 0 Å². The van der Waals surface area contributed by atoms with Crippen molar-refractivity contribution in [3.05, 3.63) is 95.6 Å². The van der Waals surface area contributed by atoms with E-state index in [0.717, 1.165) is 0 Å². The van der Waals surface area contributed by atoms with Crippen LogP contribution >= 0.6 is 0 Å². The second-order valence-electron chi connectivity index (χ2n) is 14.1. The lowest BCUT2D eigenvalue weighted by Crippen LogP contribution is -2.59. The van der Waals surface area contributed by atoms with E-state index in [1.165, 1.54) is 55.5 Å². The third-order valence-electron chi connectivity index (χ3n) is 9.21. The van der Waals surface area contributed by atoms with Crippen molar-refractivity contribution in [3.63, 3.8) is 0 Å². The average molecular weight is 835 g/mol. The molecule has 0 saturated heterocycles. The fourth-order valence-corrected chi connectivity index (χ4v) is 5.95. The highest BCUT2D eigenvalue weighted by Crippen LogP contribution is 2.14. The van der Waals surface area contributed by atoms with Crippen LogP contribution in [0.25, 0.3) is 0 Å². The summed E-state index contributed by atoms with van der Waals surface area (Å²) in [4.78, 5) is 91.8. The normalized spacial score (nSPS) is 13.9. The van der Waals surface area contributed by atoms with Gasteiger partial charge in [-0.2, -0.15) is 0 Å². The van der Waals surface area contributed by atoms with Crippen LogP contribution in [0, 0.1) is 0 Å². The highest BCUT2D eigenvalue weighted by atomic mass is 16.4. The van der Waals surface area contributed by atoms with Crippen LogP contribution in [-0.2, 0) is 52.8 Å². The Morgan fingerprint density at radius 3 is 1.50 bits per heavy atom. The Morgan fingerprint density at radius 2 is 1.02 bits per heavy atom. The number of carboxylic acid groups (broad SMARTS) is 1. The van der Waals surface area contributed by atoms with Gasteiger partial charge in [0, 0.05) is 19.3 Å². The number of phenols is 2. The summed E-state index contributed by atoms with van der Waals surface area (Å²) in [6.07, 6.45) is -0.577. The zero-order chi connectivity index (χ0) is 44.2. The summed E-state index contributed by atoms with van der Waals surface area (Å²) in [5.74, 6) is -6.32. The monoisotopic (exact) mass is 834 g/mol. The van der Waals surface area contributed by atoms with Gasteiger partial charge in [0.2, 0.25) is 35.4 Å². The fraction of sp³-hybridized carbons (Fsp3) is 0.390. The number of carboxylic acids is 1. The smallest absolute Gasteiger partial charge is 0.328 e. The highest BCUT2D eigenvalue weighted by Gasteiger charge is 2.32. The number of hydrogen-bond acceptors (Lipinski definition) is 12. The number of aromatic hydroxyl groups is 2. The molecule has 0 saturated carbocycles. The lowest BCUT2D eigenvalue weighted by Gasteiger charge is -2.26. The molecule has 6 atom stereocenters. The zero-order valence-electron chi connectivity index (χ0n) is 33.1. The minimum absolute atomic E-state index is 0.0319. The number of phenolic OH excluding ortho intramolecular Hbond substituents is 2. The minimum Gasteiger partial charge on any atom is -0.508 e. The number of aliphatic carboxylic acids is 1. The summed E-state index contributed by atoms with van der Waals surface area (Å²) in [7, 11) is 0. The van der Waals surface area contributed by atoms with Gasteiger partial charge in [-0.1, -0.05) is 54.6 Å². The Kier molecular flexibility index (Phi) is 19.4. The van der Waals surface area contributed by atoms with Crippen LogP contribution in [0.4, 0.5) is 0 Å². The summed E-state index contributed by atoms with van der Waals surface area (Å²) < 4.78 is 0. The number of aliphatic hydroxyl groups is 1. The Morgan fingerprint density at radius 1 is 0.567 bits per heavy atom. The molecular formula is C41H54N8O11. The first kappa shape index (κ1) is 47.8. The van der Waals surface area contributed by atoms with Gasteiger partial charge in [0.1, 0.15) is 35.7 Å². The van der Waals surface area contributed by atoms with Crippen LogP contribution in [-0.4, -0.2) is 118 Å². The first-order chi connectivity index (χ1) is 28.6. The maximum absolute atomic E-state index is 13.9. The molecule has 3 rings (SSSR count). The van der Waals surface area contributed by atoms with Crippen molar-refractivity contribution in [2.45, 2.75) is 81.8 Å². The Labute approximate surface area is 346 Å². The summed E-state index contributed by atoms with van der Waals surface area (Å²) in [5.41, 5.74) is 12.7. The number of amides is 6. The molecule has 0 heterocycles. The first-order valence-corrected chi connectivity index (χ1v) is 19.3. The molecular weight excluding hydrogens is 780 g/mol. The number of benzene rings is 3. The molecule has 0 aromatic heterocycles. The summed E-state index contributed by atoms with van der Waals surface area (Å²) in [5, 5.41) is 54.1. The van der Waals surface area contributed by atoms with Gasteiger partial charge in [-0.05, 0) is 73.7 Å². The van der Waals surface area contributed by atoms with E-state index >= 15 is 0 Å². The molecule has 3 aromatic rings. The maximum atomic E-state index is 13.9. The Bertz CT molecular complexity index is 1900. The largest absolute Gasteiger partial charge is 0.508 e. The van der Waals surface area contributed by atoms with E-state index in [9.17, 15) is 54.0 Å². The van der Waals surface area contributed by atoms with Gasteiger partial charge >= 0.3 is 5.97 Å². The molecule has 0 aliphatic heterocycles. The van der Waals surface area contributed by atoms with E-state index in [-0.39, 0.29) is 43.7 Å². The van der Waals surface area contributed by atoms with Gasteiger partial charge in [0.15, 0.2) is 6.04 Å². The maximum Gasteiger partial charge on any atom is 0.328 e. The number of unbranched alkanes of at least 4 members (excludes halogenated alkanes) is 1. The fourth-order valence-electron chi connectivity index (χ4n) is 5.95. The van der Waals surface area contributed by atoms with E-state index < -0.39 is 84.3 Å². The second-order valence-corrected chi connectivity index (χ2v) is 14.1. The molecule has 0 radical (unpaired) electrons. The molecule has 14 N–H and O–H groups in total. The third-order valence-corrected chi connectivity index (χ3v) is 9.21. The van der Waals surface area contributed by atoms with Gasteiger partial charge in [-0.3, -0.25) is 28.8 Å². The van der Waals surface area contributed by atoms with Crippen LogP contribution in [0.2, 0.25) is 0 Å². The van der Waals surface area contributed by atoms with Gasteiger partial charge in [-0.25, -0.2) is 4.79 Å². The highest BCUT2D eigenvalue weighted by molar-refractivity contribution is 5.96. The SMILES string of the molecule is C[C@@H](O)[C@H](NC(=O)[C@H](Cc1ccc(O)cc1)NC(=O)[C@H](Cc1ccccc1)NC(=O)CNC(=O)[C@H](Cc1ccc(O)cc1)NC(=O)[C@H](CCCCN)NC(=O)CN)C(=O)O. The topological polar surface area (TPSA) is 325 Å². The number of carbonyl (C=O) groups excluding carboxylic acids is 6. The molecule has 0 bridgehead atoms. The zero-order valence-corrected chi connectivity index (χ0v) is 33.1. The van der Waals surface area contributed by atoms with Crippen LogP contribution < -0.4 is 43.4 Å². The molecule has 60 heavy (non-hydrogen) atoms. The number of aliphatic hydroxyl groups excluding tert-OH is 1. The average Bonchev–Trinajstić information content (AvgIpc) is 3.22. The molecule has 324 valence electrons. The summed E-state index contributed by atoms with van der Waals surface area (Å²) >= 11 is 0. The molecule has 0 spiro atoms. The molecule has 0 aliphatic rings. The molecule has 6 amide bonds. The van der Waals surface area contributed by atoms with Gasteiger partial charge in [0.25, 0.3) is 0 Å². The molecule has 0 unspecified atom stereocenters. The van der Waals surface area contributed by atoms with Crippen molar-refractivity contribution in [2.24, 2.45) is 11.5 Å². The van der Waals surface area contributed by atoms with Gasteiger partial charge in [-0.15, -0.1) is 0 Å². The molecule has 19 nitrogen and oxygen atoms in total. The molecule has 0 aliphatic carbocycles. The Balaban J connectivity index is 1.83. The number of hydrogen-bond donors (Lipinski definition) is 12. The molecule has 3 aromatic carbocycles. The van der Waals surface area contributed by atoms with E-state index in [0.29, 0.717) is 36.1 Å². The number of nitrogens with two attached hydrogens (primary N) is 2. The predicted octanol–water partition coefficient (Wildman–Crippen LogP) is -1.78. The predicted molar refractivity (Wildman–Crippen MR) is 218 cm³/mol. The van der Waals surface area contributed by atoms with E-state index in [1.807, 2.05) is 0 Å². The van der Waals surface area contributed by atoms with Gasteiger partial charge < -0.3 is 63.8 Å².